The van der Waals surface area contributed by atoms with E-state index < -0.39 is 0 Å². The van der Waals surface area contributed by atoms with Crippen LogP contribution in [0.5, 0.6) is 0 Å². The van der Waals surface area contributed by atoms with Crippen molar-refractivity contribution in [3.8, 4) is 0 Å². The molecule has 22 heavy (non-hydrogen) atoms. The molecule has 1 aromatic rings. The zero-order chi connectivity index (χ0) is 16.1. The van der Waals surface area contributed by atoms with E-state index in [9.17, 15) is 4.79 Å². The fraction of sp³-hybridized carbons (Fsp3) is 0.688. The molecule has 5 nitrogen and oxygen atoms in total. The van der Waals surface area contributed by atoms with Gasteiger partial charge in [0.25, 0.3) is 5.91 Å². The van der Waals surface area contributed by atoms with Crippen molar-refractivity contribution in [3.05, 3.63) is 22.7 Å². The summed E-state index contributed by atoms with van der Waals surface area (Å²) in [6.07, 6.45) is 4.81. The Morgan fingerprint density at radius 3 is 2.73 bits per heavy atom. The Bertz CT molecular complexity index is 513. The van der Waals surface area contributed by atoms with Crippen LogP contribution in [0.1, 0.15) is 55.3 Å². The lowest BCUT2D eigenvalue weighted by atomic mass is 9.93. The molecule has 0 radical (unpaired) electrons. The minimum atomic E-state index is -0.0682. The molecule has 2 rings (SSSR count). The number of nitrogens with zero attached hydrogens (tertiary/aromatic N) is 3. The Morgan fingerprint density at radius 2 is 2.14 bits per heavy atom. The Labute approximate surface area is 137 Å². The molecule has 1 saturated heterocycles. The zero-order valence-electron chi connectivity index (χ0n) is 13.6. The van der Waals surface area contributed by atoms with Crippen LogP contribution in [0.15, 0.2) is 6.20 Å². The number of hydrogen-bond acceptors (Lipinski definition) is 4. The summed E-state index contributed by atoms with van der Waals surface area (Å²) >= 11 is 6.13. The van der Waals surface area contributed by atoms with Crippen molar-refractivity contribution in [3.63, 3.8) is 0 Å². The maximum atomic E-state index is 12.7. The number of likely N-dealkylation sites (tertiary alicyclic amines) is 1. The number of carbonyl (C=O) groups is 1. The molecule has 0 unspecified atom stereocenters. The predicted octanol–water partition coefficient (Wildman–Crippen LogP) is 2.72. The highest BCUT2D eigenvalue weighted by atomic mass is 35.5. The van der Waals surface area contributed by atoms with Gasteiger partial charge in [-0.1, -0.05) is 25.4 Å². The van der Waals surface area contributed by atoms with Crippen LogP contribution in [0.25, 0.3) is 0 Å². The van der Waals surface area contributed by atoms with Gasteiger partial charge in [0.05, 0.1) is 11.2 Å². The largest absolute Gasteiger partial charge is 0.337 e. The topological polar surface area (TPSA) is 58.1 Å². The first-order chi connectivity index (χ1) is 10.5. The van der Waals surface area contributed by atoms with Crippen molar-refractivity contribution < 1.29 is 4.79 Å². The van der Waals surface area contributed by atoms with E-state index in [2.05, 4.69) is 15.3 Å². The summed E-state index contributed by atoms with van der Waals surface area (Å²) in [7, 11) is 1.97. The van der Waals surface area contributed by atoms with Crippen LogP contribution < -0.4 is 5.32 Å². The fourth-order valence-corrected chi connectivity index (χ4v) is 2.90. The molecule has 1 amide bonds. The van der Waals surface area contributed by atoms with Gasteiger partial charge in [-0.3, -0.25) is 4.79 Å². The van der Waals surface area contributed by atoms with Gasteiger partial charge in [0.2, 0.25) is 0 Å². The summed E-state index contributed by atoms with van der Waals surface area (Å²) in [4.78, 5) is 23.1. The van der Waals surface area contributed by atoms with E-state index in [0.29, 0.717) is 22.5 Å². The smallest absolute Gasteiger partial charge is 0.274 e. The second-order valence-electron chi connectivity index (χ2n) is 6.21. The molecule has 1 aliphatic rings. The summed E-state index contributed by atoms with van der Waals surface area (Å²) < 4.78 is 0. The zero-order valence-corrected chi connectivity index (χ0v) is 14.4. The van der Waals surface area contributed by atoms with E-state index in [1.807, 2.05) is 25.8 Å². The second-order valence-corrected chi connectivity index (χ2v) is 6.61. The van der Waals surface area contributed by atoms with Crippen LogP contribution in [0.3, 0.4) is 0 Å². The third-order valence-electron chi connectivity index (χ3n) is 4.19. The second kappa shape index (κ2) is 7.88. The van der Waals surface area contributed by atoms with E-state index in [1.54, 1.807) is 0 Å². The third-order valence-corrected chi connectivity index (χ3v) is 4.46. The van der Waals surface area contributed by atoms with Gasteiger partial charge < -0.3 is 10.2 Å². The number of carbonyl (C=O) groups excluding carboxylic acids is 1. The first-order valence-electron chi connectivity index (χ1n) is 7.99. The lowest BCUT2D eigenvalue weighted by Crippen LogP contribution is -2.39. The van der Waals surface area contributed by atoms with Crippen LogP contribution in [-0.4, -0.2) is 47.5 Å². The molecule has 1 N–H and O–H groups in total. The van der Waals surface area contributed by atoms with Gasteiger partial charge in [-0.25, -0.2) is 9.97 Å². The molecule has 6 heteroatoms. The third kappa shape index (κ3) is 4.17. The molecule has 1 fully saturated rings. The number of nitrogens with one attached hydrogen (secondary N) is 1. The summed E-state index contributed by atoms with van der Waals surface area (Å²) in [6.45, 7) is 6.61. The summed E-state index contributed by atoms with van der Waals surface area (Å²) in [5.41, 5.74) is 0.342. The predicted molar refractivity (Wildman–Crippen MR) is 88.3 cm³/mol. The molecular weight excluding hydrogens is 300 g/mol. The lowest BCUT2D eigenvalue weighted by molar-refractivity contribution is 0.0681. The highest BCUT2D eigenvalue weighted by Gasteiger charge is 2.26. The summed E-state index contributed by atoms with van der Waals surface area (Å²) in [5, 5.41) is 3.52. The average molecular weight is 325 g/mol. The fourth-order valence-electron chi connectivity index (χ4n) is 2.73. The molecule has 2 heterocycles. The van der Waals surface area contributed by atoms with Crippen molar-refractivity contribution >= 4 is 17.5 Å². The molecule has 0 aliphatic carbocycles. The number of aromatic nitrogens is 2. The number of piperidine rings is 1. The van der Waals surface area contributed by atoms with Crippen LogP contribution in [-0.2, 0) is 0 Å². The summed E-state index contributed by atoms with van der Waals surface area (Å²) in [6, 6.07) is 0. The van der Waals surface area contributed by atoms with Gasteiger partial charge in [-0.15, -0.1) is 0 Å². The molecule has 0 bridgehead atoms. The molecule has 0 atom stereocenters. The molecule has 122 valence electrons. The standard InChI is InChI=1S/C16H25ClN4O/c1-11(2)15-19-10-13(17)14(20-15)16(22)21-8-5-12(6-9-21)4-7-18-3/h10-12,18H,4-9H2,1-3H3. The van der Waals surface area contributed by atoms with Crippen molar-refractivity contribution in [2.45, 2.75) is 39.0 Å². The number of halogens is 1. The quantitative estimate of drug-likeness (QED) is 0.904. The Kier molecular flexibility index (Phi) is 6.15. The van der Waals surface area contributed by atoms with Crippen LogP contribution >= 0.6 is 11.6 Å². The maximum absolute atomic E-state index is 12.7. The molecular formula is C16H25ClN4O. The minimum Gasteiger partial charge on any atom is -0.337 e. The van der Waals surface area contributed by atoms with E-state index in [4.69, 9.17) is 11.6 Å². The minimum absolute atomic E-state index is 0.0682. The van der Waals surface area contributed by atoms with Crippen molar-refractivity contribution in [2.75, 3.05) is 26.7 Å². The van der Waals surface area contributed by atoms with Gasteiger partial charge in [0, 0.05) is 19.0 Å². The van der Waals surface area contributed by atoms with Crippen LogP contribution in [0.2, 0.25) is 5.02 Å². The molecule has 1 aromatic heterocycles. The Morgan fingerprint density at radius 1 is 1.45 bits per heavy atom. The molecule has 0 saturated carbocycles. The monoisotopic (exact) mass is 324 g/mol. The Hall–Kier alpha value is -1.20. The van der Waals surface area contributed by atoms with Gasteiger partial charge in [0.15, 0.2) is 5.69 Å². The average Bonchev–Trinajstić information content (AvgIpc) is 2.53. The number of rotatable bonds is 5. The van der Waals surface area contributed by atoms with Crippen molar-refractivity contribution in [2.24, 2.45) is 5.92 Å². The number of hydrogen-bond donors (Lipinski definition) is 1. The summed E-state index contributed by atoms with van der Waals surface area (Å²) in [5.74, 6) is 1.47. The van der Waals surface area contributed by atoms with E-state index >= 15 is 0 Å². The molecule has 0 aromatic carbocycles. The highest BCUT2D eigenvalue weighted by molar-refractivity contribution is 6.33. The first-order valence-corrected chi connectivity index (χ1v) is 8.37. The van der Waals surface area contributed by atoms with E-state index in [-0.39, 0.29) is 11.8 Å². The first kappa shape index (κ1) is 17.2. The van der Waals surface area contributed by atoms with Gasteiger partial charge in [-0.2, -0.15) is 0 Å². The van der Waals surface area contributed by atoms with Crippen molar-refractivity contribution in [1.82, 2.24) is 20.2 Å². The maximum Gasteiger partial charge on any atom is 0.274 e. The van der Waals surface area contributed by atoms with Gasteiger partial charge >= 0.3 is 0 Å². The van der Waals surface area contributed by atoms with Crippen LogP contribution in [0, 0.1) is 5.92 Å². The van der Waals surface area contributed by atoms with E-state index in [0.717, 1.165) is 32.5 Å². The highest BCUT2D eigenvalue weighted by Crippen LogP contribution is 2.23. The normalized spacial score (nSPS) is 16.3. The molecule has 1 aliphatic heterocycles. The lowest BCUT2D eigenvalue weighted by Gasteiger charge is -2.32. The van der Waals surface area contributed by atoms with Gasteiger partial charge in [-0.05, 0) is 38.8 Å². The SMILES string of the molecule is CNCCC1CCN(C(=O)c2nc(C(C)C)ncc2Cl)CC1. The number of amides is 1. The van der Waals surface area contributed by atoms with Gasteiger partial charge in [0.1, 0.15) is 5.82 Å². The van der Waals surface area contributed by atoms with E-state index in [1.165, 1.54) is 12.6 Å². The van der Waals surface area contributed by atoms with Crippen molar-refractivity contribution in [1.29, 1.82) is 0 Å². The Balaban J connectivity index is 2.02. The van der Waals surface area contributed by atoms with Crippen LogP contribution in [0.4, 0.5) is 0 Å². The molecule has 0 spiro atoms.